The second kappa shape index (κ2) is 14.8. The predicted molar refractivity (Wildman–Crippen MR) is 135 cm³/mol. The molecule has 1 atom stereocenters. The fourth-order valence-electron chi connectivity index (χ4n) is 3.21. The van der Waals surface area contributed by atoms with Gasteiger partial charge in [0.1, 0.15) is 11.5 Å². The number of likely N-dealkylation sites (tertiary alicyclic amines) is 1. The first-order valence-electron chi connectivity index (χ1n) is 9.86. The molecule has 1 aliphatic heterocycles. The second-order valence-electron chi connectivity index (χ2n) is 6.71. The highest BCUT2D eigenvalue weighted by Gasteiger charge is 2.23. The van der Waals surface area contributed by atoms with Gasteiger partial charge in [0.05, 0.1) is 20.8 Å². The summed E-state index contributed by atoms with van der Waals surface area (Å²) in [6.07, 6.45) is 3.04. The van der Waals surface area contributed by atoms with E-state index in [9.17, 15) is 0 Å². The molecule has 2 rings (SSSR count). The summed E-state index contributed by atoms with van der Waals surface area (Å²) in [5, 5.41) is 6.94. The summed E-state index contributed by atoms with van der Waals surface area (Å²) >= 11 is 1.85. The minimum atomic E-state index is 0. The molecule has 1 heterocycles. The third-order valence-electron chi connectivity index (χ3n) is 4.52. The molecule has 0 spiro atoms. The van der Waals surface area contributed by atoms with Crippen molar-refractivity contribution in [3.63, 3.8) is 0 Å². The van der Waals surface area contributed by atoms with Gasteiger partial charge in [-0.25, -0.2) is 0 Å². The van der Waals surface area contributed by atoms with E-state index in [0.29, 0.717) is 6.04 Å². The molecule has 29 heavy (non-hydrogen) atoms. The number of ether oxygens (including phenoxy) is 2. The number of thioether (sulfide) groups is 1. The first-order valence-corrected chi connectivity index (χ1v) is 11.0. The minimum Gasteiger partial charge on any atom is -0.497 e. The van der Waals surface area contributed by atoms with E-state index in [1.165, 1.54) is 5.56 Å². The summed E-state index contributed by atoms with van der Waals surface area (Å²) < 4.78 is 10.8. The molecule has 0 radical (unpaired) electrons. The van der Waals surface area contributed by atoms with E-state index in [1.54, 1.807) is 14.2 Å². The van der Waals surface area contributed by atoms with Crippen molar-refractivity contribution in [2.75, 3.05) is 51.9 Å². The first-order chi connectivity index (χ1) is 13.7. The molecule has 2 N–H and O–H groups in total. The SMILES string of the molecule is C=CCSCCN=C(NCC)NC1CCN(Cc2cc(OC)cc(OC)c2)C1.I. The number of guanidine groups is 1. The predicted octanol–water partition coefficient (Wildman–Crippen LogP) is 3.37. The highest BCUT2D eigenvalue weighted by molar-refractivity contribution is 14.0. The van der Waals surface area contributed by atoms with E-state index >= 15 is 0 Å². The Morgan fingerprint density at radius 3 is 2.66 bits per heavy atom. The van der Waals surface area contributed by atoms with Gasteiger partial charge in [0.25, 0.3) is 0 Å². The Morgan fingerprint density at radius 1 is 1.31 bits per heavy atom. The van der Waals surface area contributed by atoms with Gasteiger partial charge in [-0.3, -0.25) is 9.89 Å². The minimum absolute atomic E-state index is 0. The van der Waals surface area contributed by atoms with Crippen LogP contribution >= 0.6 is 35.7 Å². The number of hydrogen-bond acceptors (Lipinski definition) is 5. The van der Waals surface area contributed by atoms with Crippen molar-refractivity contribution in [2.24, 2.45) is 4.99 Å². The maximum Gasteiger partial charge on any atom is 0.191 e. The van der Waals surface area contributed by atoms with E-state index < -0.39 is 0 Å². The standard InChI is InChI=1S/C21H34N4O2S.HI/c1-5-10-28-11-8-23-21(22-6-2)24-18-7-9-25(16-18)15-17-12-19(26-3)14-20(13-17)27-4;/h5,12-14,18H,1,6-11,15-16H2,2-4H3,(H2,22,23,24);1H. The first kappa shape index (κ1) is 25.9. The molecular formula is C21H35IN4O2S. The number of rotatable bonds is 11. The van der Waals surface area contributed by atoms with E-state index in [2.05, 4.69) is 41.2 Å². The lowest BCUT2D eigenvalue weighted by Gasteiger charge is -2.19. The van der Waals surface area contributed by atoms with Gasteiger partial charge in [-0.2, -0.15) is 11.8 Å². The molecule has 1 unspecified atom stereocenters. The van der Waals surface area contributed by atoms with Crippen molar-refractivity contribution in [3.8, 4) is 11.5 Å². The summed E-state index contributed by atoms with van der Waals surface area (Å²) in [6.45, 7) is 10.5. The molecule has 164 valence electrons. The van der Waals surface area contributed by atoms with Crippen LogP contribution in [-0.2, 0) is 6.54 Å². The van der Waals surface area contributed by atoms with Gasteiger partial charge in [-0.05, 0) is 31.0 Å². The van der Waals surface area contributed by atoms with Crippen molar-refractivity contribution >= 4 is 41.7 Å². The zero-order valence-electron chi connectivity index (χ0n) is 17.8. The smallest absolute Gasteiger partial charge is 0.191 e. The number of nitrogens with zero attached hydrogens (tertiary/aromatic N) is 2. The normalized spacial score (nSPS) is 16.8. The fourth-order valence-corrected chi connectivity index (χ4v) is 3.77. The molecule has 8 heteroatoms. The summed E-state index contributed by atoms with van der Waals surface area (Å²) in [6, 6.07) is 6.47. The van der Waals surface area contributed by atoms with Crippen molar-refractivity contribution in [1.82, 2.24) is 15.5 Å². The Kier molecular flexibility index (Phi) is 13.2. The van der Waals surface area contributed by atoms with Gasteiger partial charge in [0, 0.05) is 49.8 Å². The van der Waals surface area contributed by atoms with Crippen molar-refractivity contribution in [2.45, 2.75) is 25.9 Å². The summed E-state index contributed by atoms with van der Waals surface area (Å²) in [5.41, 5.74) is 1.21. The third kappa shape index (κ3) is 9.48. The lowest BCUT2D eigenvalue weighted by atomic mass is 10.2. The molecule has 1 aromatic carbocycles. The molecular weight excluding hydrogens is 499 g/mol. The van der Waals surface area contributed by atoms with Crippen LogP contribution in [-0.4, -0.2) is 68.8 Å². The van der Waals surface area contributed by atoms with Gasteiger partial charge < -0.3 is 20.1 Å². The molecule has 0 aromatic heterocycles. The summed E-state index contributed by atoms with van der Waals surface area (Å²) in [7, 11) is 3.37. The van der Waals surface area contributed by atoms with Crippen LogP contribution in [0.3, 0.4) is 0 Å². The molecule has 1 fully saturated rings. The summed E-state index contributed by atoms with van der Waals surface area (Å²) in [4.78, 5) is 7.14. The van der Waals surface area contributed by atoms with Crippen LogP contribution < -0.4 is 20.1 Å². The van der Waals surface area contributed by atoms with Crippen LogP contribution in [0.25, 0.3) is 0 Å². The second-order valence-corrected chi connectivity index (χ2v) is 7.86. The Labute approximate surface area is 196 Å². The number of aliphatic imine (C=N–C) groups is 1. The Bertz CT molecular complexity index is 623. The monoisotopic (exact) mass is 534 g/mol. The number of benzene rings is 1. The van der Waals surface area contributed by atoms with Crippen LogP contribution in [0.2, 0.25) is 0 Å². The number of methoxy groups -OCH3 is 2. The van der Waals surface area contributed by atoms with Gasteiger partial charge in [-0.1, -0.05) is 6.08 Å². The molecule has 6 nitrogen and oxygen atoms in total. The summed E-state index contributed by atoms with van der Waals surface area (Å²) in [5.74, 6) is 4.57. The zero-order chi connectivity index (χ0) is 20.2. The Balaban J connectivity index is 0.00000420. The quantitative estimate of drug-likeness (QED) is 0.149. The average Bonchev–Trinajstić information content (AvgIpc) is 3.14. The van der Waals surface area contributed by atoms with Crippen LogP contribution in [0, 0.1) is 0 Å². The molecule has 0 bridgehead atoms. The Morgan fingerprint density at radius 2 is 2.03 bits per heavy atom. The van der Waals surface area contributed by atoms with Crippen LogP contribution in [0.4, 0.5) is 0 Å². The van der Waals surface area contributed by atoms with Gasteiger partial charge >= 0.3 is 0 Å². The Hall–Kier alpha value is -1.13. The molecule has 0 amide bonds. The topological polar surface area (TPSA) is 58.1 Å². The van der Waals surface area contributed by atoms with E-state index in [0.717, 1.165) is 68.1 Å². The van der Waals surface area contributed by atoms with E-state index in [-0.39, 0.29) is 24.0 Å². The molecule has 0 saturated carbocycles. The van der Waals surface area contributed by atoms with Crippen molar-refractivity contribution < 1.29 is 9.47 Å². The number of halogens is 1. The van der Waals surface area contributed by atoms with Crippen LogP contribution in [0.5, 0.6) is 11.5 Å². The van der Waals surface area contributed by atoms with Gasteiger partial charge in [-0.15, -0.1) is 30.6 Å². The number of nitrogens with one attached hydrogen (secondary N) is 2. The lowest BCUT2D eigenvalue weighted by Crippen LogP contribution is -2.44. The van der Waals surface area contributed by atoms with E-state index in [4.69, 9.17) is 14.5 Å². The number of hydrogen-bond donors (Lipinski definition) is 2. The molecule has 1 saturated heterocycles. The van der Waals surface area contributed by atoms with Gasteiger partial charge in [0.15, 0.2) is 5.96 Å². The fraction of sp³-hybridized carbons (Fsp3) is 0.571. The van der Waals surface area contributed by atoms with Crippen LogP contribution in [0.15, 0.2) is 35.8 Å². The maximum atomic E-state index is 5.38. The average molecular weight is 535 g/mol. The van der Waals surface area contributed by atoms with Gasteiger partial charge in [0.2, 0.25) is 0 Å². The molecule has 0 aliphatic carbocycles. The van der Waals surface area contributed by atoms with Crippen LogP contribution in [0.1, 0.15) is 18.9 Å². The molecule has 1 aromatic rings. The maximum absolute atomic E-state index is 5.38. The highest BCUT2D eigenvalue weighted by Crippen LogP contribution is 2.24. The largest absolute Gasteiger partial charge is 0.497 e. The van der Waals surface area contributed by atoms with Crippen molar-refractivity contribution in [1.29, 1.82) is 0 Å². The van der Waals surface area contributed by atoms with E-state index in [1.807, 2.05) is 23.9 Å². The highest BCUT2D eigenvalue weighted by atomic mass is 127. The third-order valence-corrected chi connectivity index (χ3v) is 5.46. The molecule has 1 aliphatic rings. The zero-order valence-corrected chi connectivity index (χ0v) is 20.9. The van der Waals surface area contributed by atoms with Crippen molar-refractivity contribution in [3.05, 3.63) is 36.4 Å². The lowest BCUT2D eigenvalue weighted by molar-refractivity contribution is 0.321.